The monoisotopic (exact) mass is 259 g/mol. The van der Waals surface area contributed by atoms with Crippen molar-refractivity contribution in [1.82, 2.24) is 4.90 Å². The number of fused-ring (bicyclic) bond motifs is 1. The van der Waals surface area contributed by atoms with Gasteiger partial charge in [-0.1, -0.05) is 19.1 Å². The summed E-state index contributed by atoms with van der Waals surface area (Å²) in [6.07, 6.45) is 6.57. The molecule has 0 N–H and O–H groups in total. The number of hydrogen-bond acceptors (Lipinski definition) is 2. The zero-order valence-corrected chi connectivity index (χ0v) is 12.2. The maximum absolute atomic E-state index is 5.55. The number of benzene rings is 1. The molecule has 1 aromatic rings. The maximum atomic E-state index is 5.55. The molecule has 2 nitrogen and oxygen atoms in total. The van der Waals surface area contributed by atoms with E-state index in [1.807, 2.05) is 0 Å². The molecule has 2 heteroatoms. The van der Waals surface area contributed by atoms with Gasteiger partial charge in [0.2, 0.25) is 0 Å². The smallest absolute Gasteiger partial charge is 0.122 e. The first-order valence-corrected chi connectivity index (χ1v) is 7.70. The first-order valence-electron chi connectivity index (χ1n) is 7.70. The summed E-state index contributed by atoms with van der Waals surface area (Å²) in [6.45, 7) is 4.80. The minimum atomic E-state index is 0.717. The van der Waals surface area contributed by atoms with Gasteiger partial charge in [0.1, 0.15) is 5.75 Å². The van der Waals surface area contributed by atoms with Gasteiger partial charge in [-0.05, 0) is 61.8 Å². The highest BCUT2D eigenvalue weighted by atomic mass is 16.5. The normalized spacial score (nSPS) is 22.4. The van der Waals surface area contributed by atoms with Crippen molar-refractivity contribution in [2.24, 2.45) is 5.92 Å². The minimum absolute atomic E-state index is 0.717. The Bertz CT molecular complexity index is 425. The quantitative estimate of drug-likeness (QED) is 0.804. The van der Waals surface area contributed by atoms with Crippen molar-refractivity contribution in [3.8, 4) is 5.75 Å². The Morgan fingerprint density at radius 3 is 2.79 bits per heavy atom. The summed E-state index contributed by atoms with van der Waals surface area (Å²) in [5, 5.41) is 0. The molecule has 0 amide bonds. The molecule has 0 saturated heterocycles. The number of methoxy groups -OCH3 is 1. The summed E-state index contributed by atoms with van der Waals surface area (Å²) in [4.78, 5) is 2.70. The van der Waals surface area contributed by atoms with E-state index >= 15 is 0 Å². The third kappa shape index (κ3) is 2.79. The van der Waals surface area contributed by atoms with Crippen LogP contribution in [0.3, 0.4) is 0 Å². The molecule has 0 heterocycles. The van der Waals surface area contributed by atoms with Gasteiger partial charge >= 0.3 is 0 Å². The fourth-order valence-electron chi connectivity index (χ4n) is 3.41. The van der Waals surface area contributed by atoms with Gasteiger partial charge in [-0.3, -0.25) is 0 Å². The Kier molecular flexibility index (Phi) is 3.79. The average molecular weight is 259 g/mol. The molecule has 1 aromatic carbocycles. The molecule has 1 fully saturated rings. The van der Waals surface area contributed by atoms with Crippen LogP contribution in [0.5, 0.6) is 5.75 Å². The topological polar surface area (TPSA) is 12.5 Å². The van der Waals surface area contributed by atoms with Gasteiger partial charge in [-0.15, -0.1) is 0 Å². The van der Waals surface area contributed by atoms with Crippen LogP contribution in [0.1, 0.15) is 37.3 Å². The molecular weight excluding hydrogens is 234 g/mol. The zero-order chi connectivity index (χ0) is 13.2. The largest absolute Gasteiger partial charge is 0.496 e. The molecule has 1 saturated carbocycles. The van der Waals surface area contributed by atoms with Gasteiger partial charge in [0, 0.05) is 12.6 Å². The lowest BCUT2D eigenvalue weighted by atomic mass is 9.86. The molecule has 1 atom stereocenters. The predicted molar refractivity (Wildman–Crippen MR) is 78.8 cm³/mol. The van der Waals surface area contributed by atoms with Crippen LogP contribution in [0.25, 0.3) is 0 Å². The van der Waals surface area contributed by atoms with Crippen LogP contribution in [0.4, 0.5) is 0 Å². The number of hydrogen-bond donors (Lipinski definition) is 0. The number of aryl methyl sites for hydroxylation is 1. The highest BCUT2D eigenvalue weighted by Crippen LogP contribution is 2.34. The number of ether oxygens (including phenoxy) is 1. The Balaban J connectivity index is 1.75. The first kappa shape index (κ1) is 13.0. The van der Waals surface area contributed by atoms with Crippen molar-refractivity contribution in [1.29, 1.82) is 0 Å². The molecule has 0 radical (unpaired) electrons. The van der Waals surface area contributed by atoms with Crippen LogP contribution in [-0.2, 0) is 12.8 Å². The summed E-state index contributed by atoms with van der Waals surface area (Å²) < 4.78 is 5.55. The third-order valence-electron chi connectivity index (χ3n) is 4.75. The zero-order valence-electron chi connectivity index (χ0n) is 12.2. The minimum Gasteiger partial charge on any atom is -0.496 e. The SMILES string of the molecule is CCN(CC1CC1)[C@@H]1CCc2cccc(OC)c2C1. The van der Waals surface area contributed by atoms with Crippen LogP contribution in [-0.4, -0.2) is 31.1 Å². The van der Waals surface area contributed by atoms with E-state index in [-0.39, 0.29) is 0 Å². The second-order valence-corrected chi connectivity index (χ2v) is 6.03. The average Bonchev–Trinajstić information content (AvgIpc) is 3.27. The van der Waals surface area contributed by atoms with Crippen molar-refractivity contribution in [3.05, 3.63) is 29.3 Å². The van der Waals surface area contributed by atoms with Crippen LogP contribution in [0.2, 0.25) is 0 Å². The molecule has 0 aliphatic heterocycles. The van der Waals surface area contributed by atoms with E-state index in [2.05, 4.69) is 30.0 Å². The summed E-state index contributed by atoms with van der Waals surface area (Å²) in [5.74, 6) is 2.07. The van der Waals surface area contributed by atoms with Gasteiger partial charge in [-0.25, -0.2) is 0 Å². The molecular formula is C17H25NO. The lowest BCUT2D eigenvalue weighted by molar-refractivity contribution is 0.180. The Morgan fingerprint density at radius 1 is 1.26 bits per heavy atom. The summed E-state index contributed by atoms with van der Waals surface area (Å²) in [5.41, 5.74) is 2.95. The second kappa shape index (κ2) is 5.54. The van der Waals surface area contributed by atoms with E-state index in [0.29, 0.717) is 0 Å². The molecule has 0 aromatic heterocycles. The van der Waals surface area contributed by atoms with E-state index in [0.717, 1.165) is 17.7 Å². The molecule has 0 spiro atoms. The van der Waals surface area contributed by atoms with Gasteiger partial charge in [-0.2, -0.15) is 0 Å². The fraction of sp³-hybridized carbons (Fsp3) is 0.647. The predicted octanol–water partition coefficient (Wildman–Crippen LogP) is 3.28. The van der Waals surface area contributed by atoms with E-state index in [4.69, 9.17) is 4.74 Å². The van der Waals surface area contributed by atoms with Crippen LogP contribution < -0.4 is 4.74 Å². The van der Waals surface area contributed by atoms with Crippen LogP contribution in [0.15, 0.2) is 18.2 Å². The highest BCUT2D eigenvalue weighted by molar-refractivity contribution is 5.42. The van der Waals surface area contributed by atoms with E-state index in [1.54, 1.807) is 7.11 Å². The first-order chi connectivity index (χ1) is 9.31. The molecule has 0 bridgehead atoms. The lowest BCUT2D eigenvalue weighted by Crippen LogP contribution is -2.40. The van der Waals surface area contributed by atoms with Crippen molar-refractivity contribution < 1.29 is 4.74 Å². The third-order valence-corrected chi connectivity index (χ3v) is 4.75. The van der Waals surface area contributed by atoms with Crippen molar-refractivity contribution in [2.45, 2.75) is 45.1 Å². The van der Waals surface area contributed by atoms with Crippen molar-refractivity contribution in [2.75, 3.05) is 20.2 Å². The van der Waals surface area contributed by atoms with Gasteiger partial charge < -0.3 is 9.64 Å². The Morgan fingerprint density at radius 2 is 2.11 bits per heavy atom. The molecule has 19 heavy (non-hydrogen) atoms. The lowest BCUT2D eigenvalue weighted by Gasteiger charge is -2.35. The van der Waals surface area contributed by atoms with E-state index < -0.39 is 0 Å². The summed E-state index contributed by atoms with van der Waals surface area (Å²) in [6, 6.07) is 7.22. The van der Waals surface area contributed by atoms with E-state index in [1.165, 1.54) is 56.3 Å². The van der Waals surface area contributed by atoms with Crippen LogP contribution >= 0.6 is 0 Å². The summed E-state index contributed by atoms with van der Waals surface area (Å²) >= 11 is 0. The van der Waals surface area contributed by atoms with Gasteiger partial charge in [0.15, 0.2) is 0 Å². The Labute approximate surface area is 116 Å². The fourth-order valence-corrected chi connectivity index (χ4v) is 3.41. The molecule has 2 aliphatic rings. The van der Waals surface area contributed by atoms with Gasteiger partial charge in [0.25, 0.3) is 0 Å². The standard InChI is InChI=1S/C17H25NO/c1-3-18(12-13-7-8-13)15-10-9-14-5-4-6-17(19-2)16(14)11-15/h4-6,13,15H,3,7-12H2,1-2H3/t15-/m1/s1. The maximum Gasteiger partial charge on any atom is 0.122 e. The second-order valence-electron chi connectivity index (χ2n) is 6.03. The van der Waals surface area contributed by atoms with Crippen molar-refractivity contribution in [3.63, 3.8) is 0 Å². The highest BCUT2D eigenvalue weighted by Gasteiger charge is 2.30. The molecule has 2 aliphatic carbocycles. The van der Waals surface area contributed by atoms with E-state index in [9.17, 15) is 0 Å². The van der Waals surface area contributed by atoms with Gasteiger partial charge in [0.05, 0.1) is 7.11 Å². The number of rotatable bonds is 5. The molecule has 0 unspecified atom stereocenters. The molecule has 104 valence electrons. The number of nitrogens with zero attached hydrogens (tertiary/aromatic N) is 1. The Hall–Kier alpha value is -1.02. The number of likely N-dealkylation sites (N-methyl/N-ethyl adjacent to an activating group) is 1. The molecule has 3 rings (SSSR count). The summed E-state index contributed by atoms with van der Waals surface area (Å²) in [7, 11) is 1.79. The van der Waals surface area contributed by atoms with Crippen molar-refractivity contribution >= 4 is 0 Å². The van der Waals surface area contributed by atoms with Crippen LogP contribution in [0, 0.1) is 5.92 Å².